The zero-order valence-electron chi connectivity index (χ0n) is 12.3. The molecule has 0 saturated heterocycles. The third kappa shape index (κ3) is 5.40. The lowest BCUT2D eigenvalue weighted by Gasteiger charge is -2.11. The van der Waals surface area contributed by atoms with Crippen LogP contribution in [0.4, 0.5) is 18.9 Å². The Bertz CT molecular complexity index is 718. The number of halogens is 5. The normalized spacial score (nSPS) is 11.4. The lowest BCUT2D eigenvalue weighted by Crippen LogP contribution is -2.84. The van der Waals surface area contributed by atoms with Gasteiger partial charge in [0.1, 0.15) is 6.54 Å². The molecule has 0 radical (unpaired) electrons. The molecule has 3 nitrogen and oxygen atoms in total. The van der Waals surface area contributed by atoms with Crippen molar-refractivity contribution >= 4 is 34.8 Å². The monoisotopic (exact) mass is 377 g/mol. The van der Waals surface area contributed by atoms with E-state index in [1.54, 1.807) is 17.4 Å². The van der Waals surface area contributed by atoms with Crippen LogP contribution in [-0.4, -0.2) is 12.5 Å². The molecule has 2 rings (SSSR count). The van der Waals surface area contributed by atoms with Crippen LogP contribution in [0.3, 0.4) is 0 Å². The maximum absolute atomic E-state index is 12.7. The third-order valence-electron chi connectivity index (χ3n) is 3.19. The van der Waals surface area contributed by atoms with E-state index in [2.05, 4.69) is 5.32 Å². The van der Waals surface area contributed by atoms with E-state index < -0.39 is 17.6 Å². The molecule has 1 amide bonds. The predicted octanol–water partition coefficient (Wildman–Crippen LogP) is 3.71. The van der Waals surface area contributed by atoms with Gasteiger partial charge in [0.05, 0.1) is 16.3 Å². The Hall–Kier alpha value is -1.76. The Kier molecular flexibility index (Phi) is 6.10. The summed E-state index contributed by atoms with van der Waals surface area (Å²) in [5.41, 5.74) is 0.0491. The molecule has 3 N–H and O–H groups in total. The molecule has 0 aliphatic heterocycles. The van der Waals surface area contributed by atoms with Crippen LogP contribution in [0, 0.1) is 0 Å². The second kappa shape index (κ2) is 7.88. The van der Waals surface area contributed by atoms with Crippen LogP contribution in [0.5, 0.6) is 0 Å². The lowest BCUT2D eigenvalue weighted by molar-refractivity contribution is -0.659. The molecule has 2 aromatic carbocycles. The van der Waals surface area contributed by atoms with E-state index in [-0.39, 0.29) is 17.3 Å². The van der Waals surface area contributed by atoms with E-state index in [9.17, 15) is 18.0 Å². The Morgan fingerprint density at radius 3 is 2.38 bits per heavy atom. The number of rotatable bonds is 5. The van der Waals surface area contributed by atoms with Gasteiger partial charge in [-0.1, -0.05) is 35.3 Å². The molecule has 0 aliphatic rings. The first-order valence-electron chi connectivity index (χ1n) is 6.98. The van der Waals surface area contributed by atoms with Crippen LogP contribution in [0.25, 0.3) is 0 Å². The highest BCUT2D eigenvalue weighted by Gasteiger charge is 2.31. The summed E-state index contributed by atoms with van der Waals surface area (Å²) in [5, 5.41) is 4.79. The quantitative estimate of drug-likeness (QED) is 0.819. The zero-order chi connectivity index (χ0) is 17.7. The van der Waals surface area contributed by atoms with Gasteiger partial charge in [0.2, 0.25) is 0 Å². The van der Waals surface area contributed by atoms with E-state index in [4.69, 9.17) is 23.2 Å². The molecule has 0 aliphatic carbocycles. The summed E-state index contributed by atoms with van der Waals surface area (Å²) in [6.07, 6.45) is -4.50. The number of hydrogen-bond acceptors (Lipinski definition) is 1. The third-order valence-corrected chi connectivity index (χ3v) is 3.77. The number of carbonyl (C=O) groups excluding carboxylic acids is 1. The molecule has 24 heavy (non-hydrogen) atoms. The van der Waals surface area contributed by atoms with Gasteiger partial charge in [-0.05, 0) is 30.3 Å². The number of nitrogens with two attached hydrogens (primary N) is 1. The SMILES string of the molecule is O=C(C[NH2+]Cc1ccc(Cl)cc1)Nc1cc(C(F)(F)F)ccc1Cl. The van der Waals surface area contributed by atoms with Crippen molar-refractivity contribution < 1.29 is 23.3 Å². The maximum atomic E-state index is 12.7. The molecule has 0 unspecified atom stereocenters. The highest BCUT2D eigenvalue weighted by Crippen LogP contribution is 2.33. The lowest BCUT2D eigenvalue weighted by atomic mass is 10.2. The first kappa shape index (κ1) is 18.6. The van der Waals surface area contributed by atoms with Gasteiger partial charge in [-0.25, -0.2) is 0 Å². The molecule has 0 bridgehead atoms. The van der Waals surface area contributed by atoms with Crippen LogP contribution >= 0.6 is 23.2 Å². The van der Waals surface area contributed by atoms with Crippen molar-refractivity contribution in [2.75, 3.05) is 11.9 Å². The minimum atomic E-state index is -4.50. The standard InChI is InChI=1S/C16H13Cl2F3N2O/c17-12-4-1-10(2-5-12)8-22-9-15(24)23-14-7-11(16(19,20)21)3-6-13(14)18/h1-7,22H,8-9H2,(H,23,24)/p+1. The molecule has 0 heterocycles. The molecule has 0 fully saturated rings. The Labute approximate surface area is 146 Å². The molecular weight excluding hydrogens is 364 g/mol. The average Bonchev–Trinajstić information content (AvgIpc) is 2.50. The van der Waals surface area contributed by atoms with Gasteiger partial charge in [-0.15, -0.1) is 0 Å². The van der Waals surface area contributed by atoms with Crippen LogP contribution in [0.1, 0.15) is 11.1 Å². The van der Waals surface area contributed by atoms with Crippen molar-refractivity contribution in [1.82, 2.24) is 0 Å². The fourth-order valence-electron chi connectivity index (χ4n) is 1.99. The molecule has 0 atom stereocenters. The highest BCUT2D eigenvalue weighted by atomic mass is 35.5. The van der Waals surface area contributed by atoms with Crippen molar-refractivity contribution in [3.8, 4) is 0 Å². The van der Waals surface area contributed by atoms with Crippen molar-refractivity contribution in [3.05, 3.63) is 63.6 Å². The van der Waals surface area contributed by atoms with Gasteiger partial charge in [-0.2, -0.15) is 13.2 Å². The first-order chi connectivity index (χ1) is 11.3. The summed E-state index contributed by atoms with van der Waals surface area (Å²) < 4.78 is 38.1. The second-order valence-electron chi connectivity index (χ2n) is 5.06. The van der Waals surface area contributed by atoms with Gasteiger partial charge in [0, 0.05) is 10.6 Å². The summed E-state index contributed by atoms with van der Waals surface area (Å²) in [6.45, 7) is 0.593. The van der Waals surface area contributed by atoms with Gasteiger partial charge >= 0.3 is 6.18 Å². The fourth-order valence-corrected chi connectivity index (χ4v) is 2.28. The second-order valence-corrected chi connectivity index (χ2v) is 5.91. The summed E-state index contributed by atoms with van der Waals surface area (Å²) in [6, 6.07) is 9.95. The van der Waals surface area contributed by atoms with E-state index >= 15 is 0 Å². The fraction of sp³-hybridized carbons (Fsp3) is 0.188. The number of amides is 1. The number of hydrogen-bond donors (Lipinski definition) is 2. The number of anilines is 1. The van der Waals surface area contributed by atoms with Gasteiger partial charge in [-0.3, -0.25) is 4.79 Å². The molecule has 2 aromatic rings. The minimum absolute atomic E-state index is 0.0500. The number of alkyl halides is 3. The summed E-state index contributed by atoms with van der Waals surface area (Å²) >= 11 is 11.6. The van der Waals surface area contributed by atoms with Crippen molar-refractivity contribution in [3.63, 3.8) is 0 Å². The molecule has 0 aromatic heterocycles. The summed E-state index contributed by atoms with van der Waals surface area (Å²) in [7, 11) is 0. The molecule has 8 heteroatoms. The van der Waals surface area contributed by atoms with Crippen LogP contribution in [0.2, 0.25) is 10.0 Å². The first-order valence-corrected chi connectivity index (χ1v) is 7.74. The average molecular weight is 378 g/mol. The number of quaternary nitrogens is 1. The molecular formula is C16H14Cl2F3N2O+. The van der Waals surface area contributed by atoms with Crippen molar-refractivity contribution in [1.29, 1.82) is 0 Å². The van der Waals surface area contributed by atoms with E-state index in [1.165, 1.54) is 0 Å². The largest absolute Gasteiger partial charge is 0.416 e. The predicted molar refractivity (Wildman–Crippen MR) is 87.0 cm³/mol. The highest BCUT2D eigenvalue weighted by molar-refractivity contribution is 6.33. The minimum Gasteiger partial charge on any atom is -0.335 e. The van der Waals surface area contributed by atoms with E-state index in [0.717, 1.165) is 23.8 Å². The maximum Gasteiger partial charge on any atom is 0.416 e. The van der Waals surface area contributed by atoms with Crippen LogP contribution < -0.4 is 10.6 Å². The van der Waals surface area contributed by atoms with E-state index in [0.29, 0.717) is 11.6 Å². The van der Waals surface area contributed by atoms with Crippen LogP contribution in [-0.2, 0) is 17.5 Å². The molecule has 0 spiro atoms. The number of nitrogens with one attached hydrogen (secondary N) is 1. The Balaban J connectivity index is 1.91. The van der Waals surface area contributed by atoms with Crippen LogP contribution in [0.15, 0.2) is 42.5 Å². The van der Waals surface area contributed by atoms with Crippen molar-refractivity contribution in [2.45, 2.75) is 12.7 Å². The van der Waals surface area contributed by atoms with Gasteiger partial charge in [0.15, 0.2) is 6.54 Å². The number of carbonyl (C=O) groups is 1. The topological polar surface area (TPSA) is 45.7 Å². The van der Waals surface area contributed by atoms with Crippen molar-refractivity contribution in [2.24, 2.45) is 0 Å². The Morgan fingerprint density at radius 1 is 1.08 bits per heavy atom. The Morgan fingerprint density at radius 2 is 1.75 bits per heavy atom. The summed E-state index contributed by atoms with van der Waals surface area (Å²) in [4.78, 5) is 11.9. The van der Waals surface area contributed by atoms with Gasteiger partial charge in [0.25, 0.3) is 5.91 Å². The smallest absolute Gasteiger partial charge is 0.335 e. The van der Waals surface area contributed by atoms with E-state index in [1.807, 2.05) is 12.1 Å². The summed E-state index contributed by atoms with van der Waals surface area (Å²) in [5.74, 6) is -0.440. The molecule has 128 valence electrons. The zero-order valence-corrected chi connectivity index (χ0v) is 13.8. The number of benzene rings is 2. The van der Waals surface area contributed by atoms with Gasteiger partial charge < -0.3 is 10.6 Å². The molecule has 0 saturated carbocycles.